The third-order valence-electron chi connectivity index (χ3n) is 5.07. The van der Waals surface area contributed by atoms with Crippen molar-refractivity contribution >= 4 is 0 Å². The highest BCUT2D eigenvalue weighted by atomic mass is 16.7. The molecule has 0 unspecified atom stereocenters. The second-order valence-corrected chi connectivity index (χ2v) is 6.78. The van der Waals surface area contributed by atoms with Gasteiger partial charge in [-0.3, -0.25) is 0 Å². The fourth-order valence-electron chi connectivity index (χ4n) is 3.42. The minimum Gasteiger partial charge on any atom is -0.462 e. The van der Waals surface area contributed by atoms with Gasteiger partial charge in [0.25, 0.3) is 0 Å². The van der Waals surface area contributed by atoms with E-state index in [9.17, 15) is 0 Å². The molecule has 0 bridgehead atoms. The summed E-state index contributed by atoms with van der Waals surface area (Å²) in [4.78, 5) is 2.31. The number of fused-ring (bicyclic) bond motifs is 1. The number of likely N-dealkylation sites (tertiary alicyclic amines) is 1. The topological polar surface area (TPSA) is 41.9 Å². The van der Waals surface area contributed by atoms with Crippen LogP contribution in [-0.4, -0.2) is 35.9 Å². The number of nitrogens with zero attached hydrogens (tertiary/aromatic N) is 1. The lowest BCUT2D eigenvalue weighted by molar-refractivity contribution is -0.226. The van der Waals surface area contributed by atoms with Gasteiger partial charge < -0.3 is 19.5 Å². The maximum absolute atomic E-state index is 9.16. The molecule has 0 aromatic heterocycles. The predicted octanol–water partition coefficient (Wildman–Crippen LogP) is 3.18. The van der Waals surface area contributed by atoms with Crippen LogP contribution >= 0.6 is 0 Å². The molecule has 1 N–H and O–H groups in total. The first kappa shape index (κ1) is 15.6. The molecule has 0 radical (unpaired) electrons. The molecule has 2 aromatic rings. The third-order valence-corrected chi connectivity index (χ3v) is 5.07. The normalized spacial score (nSPS) is 19.8. The molecular weight excluding hydrogens is 302 g/mol. The summed E-state index contributed by atoms with van der Waals surface area (Å²) in [6, 6.07) is 14.3. The van der Waals surface area contributed by atoms with E-state index in [4.69, 9.17) is 14.6 Å². The molecule has 2 heterocycles. The number of aliphatic hydroxyl groups is 1. The van der Waals surface area contributed by atoms with Gasteiger partial charge in [0, 0.05) is 31.5 Å². The largest absolute Gasteiger partial charge is 0.462 e. The van der Waals surface area contributed by atoms with Crippen molar-refractivity contribution in [2.45, 2.75) is 31.8 Å². The zero-order chi connectivity index (χ0) is 16.6. The summed E-state index contributed by atoms with van der Waals surface area (Å²) in [5.74, 6) is 0.505. The molecule has 1 fully saturated rings. The Hall–Kier alpha value is -1.88. The van der Waals surface area contributed by atoms with Crippen molar-refractivity contribution in [3.05, 3.63) is 53.6 Å². The first-order valence-corrected chi connectivity index (χ1v) is 8.52. The lowest BCUT2D eigenvalue weighted by Crippen LogP contribution is -2.50. The summed E-state index contributed by atoms with van der Waals surface area (Å²) >= 11 is 0. The molecule has 1 spiro atoms. The quantitative estimate of drug-likeness (QED) is 0.921. The molecule has 2 aromatic carbocycles. The van der Waals surface area contributed by atoms with Gasteiger partial charge in [0.1, 0.15) is 5.75 Å². The van der Waals surface area contributed by atoms with E-state index in [0.29, 0.717) is 6.61 Å². The monoisotopic (exact) mass is 325 g/mol. The minimum atomic E-state index is -0.441. The summed E-state index contributed by atoms with van der Waals surface area (Å²) in [5, 5.41) is 9.16. The number of aliphatic hydroxyl groups excluding tert-OH is 1. The molecule has 2 aliphatic heterocycles. The number of rotatable bonds is 2. The summed E-state index contributed by atoms with van der Waals surface area (Å²) < 4.78 is 12.4. The van der Waals surface area contributed by atoms with Crippen LogP contribution in [0.25, 0.3) is 11.1 Å². The van der Waals surface area contributed by atoms with E-state index in [1.165, 1.54) is 0 Å². The van der Waals surface area contributed by atoms with Crippen molar-refractivity contribution in [2.75, 3.05) is 20.1 Å². The van der Waals surface area contributed by atoms with E-state index in [-0.39, 0.29) is 6.61 Å². The van der Waals surface area contributed by atoms with Gasteiger partial charge in [0.15, 0.2) is 0 Å². The van der Waals surface area contributed by atoms with Gasteiger partial charge in [-0.05, 0) is 35.9 Å². The van der Waals surface area contributed by atoms with Crippen LogP contribution in [0.4, 0.5) is 0 Å². The Labute approximate surface area is 142 Å². The molecule has 0 amide bonds. The van der Waals surface area contributed by atoms with Gasteiger partial charge in [-0.15, -0.1) is 0 Å². The number of hydrogen-bond donors (Lipinski definition) is 1. The molecule has 4 rings (SSSR count). The number of benzene rings is 2. The van der Waals surface area contributed by atoms with E-state index >= 15 is 0 Å². The van der Waals surface area contributed by atoms with E-state index in [0.717, 1.165) is 53.9 Å². The Kier molecular flexibility index (Phi) is 4.04. The molecule has 4 nitrogen and oxygen atoms in total. The van der Waals surface area contributed by atoms with Crippen LogP contribution < -0.4 is 4.74 Å². The highest BCUT2D eigenvalue weighted by Crippen LogP contribution is 2.38. The van der Waals surface area contributed by atoms with Crippen LogP contribution in [0.1, 0.15) is 24.0 Å². The van der Waals surface area contributed by atoms with Crippen LogP contribution in [0.15, 0.2) is 42.5 Å². The smallest absolute Gasteiger partial charge is 0.213 e. The maximum atomic E-state index is 9.16. The summed E-state index contributed by atoms with van der Waals surface area (Å²) in [6.07, 6.45) is 1.82. The zero-order valence-electron chi connectivity index (χ0n) is 14.0. The van der Waals surface area contributed by atoms with Crippen molar-refractivity contribution in [3.63, 3.8) is 0 Å². The molecule has 4 heteroatoms. The van der Waals surface area contributed by atoms with Gasteiger partial charge >= 0.3 is 0 Å². The van der Waals surface area contributed by atoms with E-state index in [2.05, 4.69) is 30.1 Å². The summed E-state index contributed by atoms with van der Waals surface area (Å²) in [6.45, 7) is 2.68. The molecule has 2 aliphatic rings. The molecule has 0 atom stereocenters. The number of piperidine rings is 1. The van der Waals surface area contributed by atoms with E-state index < -0.39 is 5.79 Å². The predicted molar refractivity (Wildman–Crippen MR) is 92.7 cm³/mol. The van der Waals surface area contributed by atoms with E-state index in [1.807, 2.05) is 24.3 Å². The Morgan fingerprint density at radius 3 is 2.46 bits per heavy atom. The molecule has 0 aliphatic carbocycles. The van der Waals surface area contributed by atoms with Crippen LogP contribution in [-0.2, 0) is 18.0 Å². The SMILES string of the molecule is CN1CCC2(CC1)OCc1cc(-c3ccc(CO)cc3)ccc1O2. The zero-order valence-corrected chi connectivity index (χ0v) is 14.0. The fourth-order valence-corrected chi connectivity index (χ4v) is 3.42. The Balaban J connectivity index is 1.56. The highest BCUT2D eigenvalue weighted by Gasteiger charge is 2.40. The molecular formula is C20H23NO3. The molecule has 24 heavy (non-hydrogen) atoms. The Morgan fingerprint density at radius 1 is 1.04 bits per heavy atom. The van der Waals surface area contributed by atoms with Crippen LogP contribution in [0.2, 0.25) is 0 Å². The maximum Gasteiger partial charge on any atom is 0.213 e. The van der Waals surface area contributed by atoms with Crippen LogP contribution in [0.5, 0.6) is 5.75 Å². The number of hydrogen-bond acceptors (Lipinski definition) is 4. The van der Waals surface area contributed by atoms with Gasteiger partial charge in [-0.2, -0.15) is 0 Å². The second-order valence-electron chi connectivity index (χ2n) is 6.78. The van der Waals surface area contributed by atoms with Crippen molar-refractivity contribution < 1.29 is 14.6 Å². The lowest BCUT2D eigenvalue weighted by atomic mass is 9.99. The number of ether oxygens (including phenoxy) is 2. The molecule has 126 valence electrons. The van der Waals surface area contributed by atoms with Crippen molar-refractivity contribution in [1.82, 2.24) is 4.90 Å². The first-order valence-electron chi connectivity index (χ1n) is 8.52. The van der Waals surface area contributed by atoms with Gasteiger partial charge in [-0.25, -0.2) is 0 Å². The average molecular weight is 325 g/mol. The first-order chi connectivity index (χ1) is 11.7. The van der Waals surface area contributed by atoms with Crippen molar-refractivity contribution in [1.29, 1.82) is 0 Å². The second kappa shape index (κ2) is 6.20. The molecule has 0 saturated carbocycles. The standard InChI is InChI=1S/C20H23NO3/c1-21-10-8-20(9-11-21)23-14-18-12-17(6-7-19(18)24-20)16-4-2-15(13-22)3-5-16/h2-7,12,22H,8-11,13-14H2,1H3. The van der Waals surface area contributed by atoms with Gasteiger partial charge in [0.05, 0.1) is 13.2 Å². The highest BCUT2D eigenvalue weighted by molar-refractivity contribution is 5.66. The summed E-state index contributed by atoms with van der Waals surface area (Å²) in [5.41, 5.74) is 4.30. The Bertz CT molecular complexity index is 718. The van der Waals surface area contributed by atoms with Gasteiger partial charge in [-0.1, -0.05) is 30.3 Å². The van der Waals surface area contributed by atoms with Crippen LogP contribution in [0, 0.1) is 0 Å². The third kappa shape index (κ3) is 2.93. The Morgan fingerprint density at radius 2 is 1.75 bits per heavy atom. The molecule has 1 saturated heterocycles. The van der Waals surface area contributed by atoms with E-state index in [1.54, 1.807) is 0 Å². The summed E-state index contributed by atoms with van der Waals surface area (Å²) in [7, 11) is 2.14. The van der Waals surface area contributed by atoms with Gasteiger partial charge in [0.2, 0.25) is 5.79 Å². The lowest BCUT2D eigenvalue weighted by Gasteiger charge is -2.43. The van der Waals surface area contributed by atoms with Crippen LogP contribution in [0.3, 0.4) is 0 Å². The fraction of sp³-hybridized carbons (Fsp3) is 0.400. The average Bonchev–Trinajstić information content (AvgIpc) is 2.64. The van der Waals surface area contributed by atoms with Crippen molar-refractivity contribution in [2.24, 2.45) is 0 Å². The minimum absolute atomic E-state index is 0.0728. The van der Waals surface area contributed by atoms with Crippen molar-refractivity contribution in [3.8, 4) is 16.9 Å².